The number of carbonyl (C=O) groups excluding carboxylic acids is 1. The molecule has 2 aromatic heterocycles. The molecule has 1 fully saturated rings. The van der Waals surface area contributed by atoms with Crippen molar-refractivity contribution < 1.29 is 23.8 Å². The summed E-state index contributed by atoms with van der Waals surface area (Å²) in [6.45, 7) is 1.57. The Kier molecular flexibility index (Phi) is 4.31. The van der Waals surface area contributed by atoms with Crippen molar-refractivity contribution in [2.45, 2.75) is 37.6 Å². The number of carbonyl (C=O) groups is 1. The molecular formula is C21H19F2N5O3. The molecule has 31 heavy (non-hydrogen) atoms. The largest absolute Gasteiger partial charge is 0.387 e. The summed E-state index contributed by atoms with van der Waals surface area (Å²) in [7, 11) is 0. The maximum atomic E-state index is 15.1. The number of anilines is 3. The Morgan fingerprint density at radius 1 is 1.26 bits per heavy atom. The molecule has 1 amide bonds. The number of pyridine rings is 1. The van der Waals surface area contributed by atoms with E-state index in [-0.39, 0.29) is 17.3 Å². The second kappa shape index (κ2) is 6.82. The Balaban J connectivity index is 1.51. The third-order valence-electron chi connectivity index (χ3n) is 5.76. The van der Waals surface area contributed by atoms with Crippen LogP contribution in [-0.2, 0) is 5.54 Å². The van der Waals surface area contributed by atoms with Gasteiger partial charge in [0.15, 0.2) is 17.9 Å². The lowest BCUT2D eigenvalue weighted by Gasteiger charge is -2.25. The molecule has 3 N–H and O–H groups in total. The van der Waals surface area contributed by atoms with Gasteiger partial charge in [-0.05, 0) is 44.0 Å². The molecule has 1 saturated carbocycles. The number of nitrogens with one attached hydrogen (secondary N) is 1. The molecule has 2 aliphatic rings. The van der Waals surface area contributed by atoms with Crippen molar-refractivity contribution in [3.8, 4) is 0 Å². The number of halogens is 2. The quantitative estimate of drug-likeness (QED) is 0.592. The normalized spacial score (nSPS) is 19.4. The Hall–Kier alpha value is -3.37. The van der Waals surface area contributed by atoms with Crippen LogP contribution in [0.5, 0.6) is 0 Å². The molecule has 3 heterocycles. The number of imidazole rings is 1. The number of aliphatic hydroxyl groups excluding tert-OH is 2. The van der Waals surface area contributed by atoms with Crippen LogP contribution in [0.25, 0.3) is 0 Å². The van der Waals surface area contributed by atoms with Gasteiger partial charge in [0.2, 0.25) is 5.95 Å². The lowest BCUT2D eigenvalue weighted by Crippen LogP contribution is -2.37. The van der Waals surface area contributed by atoms with Gasteiger partial charge in [0.25, 0.3) is 5.91 Å². The van der Waals surface area contributed by atoms with Crippen LogP contribution in [0.4, 0.5) is 26.1 Å². The second-order valence-corrected chi connectivity index (χ2v) is 7.80. The minimum absolute atomic E-state index is 0.0859. The third-order valence-corrected chi connectivity index (χ3v) is 5.76. The van der Waals surface area contributed by atoms with E-state index in [2.05, 4.69) is 15.3 Å². The molecule has 2 unspecified atom stereocenters. The summed E-state index contributed by atoms with van der Waals surface area (Å²) in [5.41, 5.74) is -0.767. The van der Waals surface area contributed by atoms with Crippen LogP contribution in [0.2, 0.25) is 0 Å². The molecule has 0 saturated heterocycles. The van der Waals surface area contributed by atoms with Gasteiger partial charge in [-0.2, -0.15) is 0 Å². The van der Waals surface area contributed by atoms with Crippen molar-refractivity contribution >= 4 is 23.2 Å². The molecule has 1 aromatic carbocycles. The van der Waals surface area contributed by atoms with Gasteiger partial charge in [-0.3, -0.25) is 14.7 Å². The first-order valence-corrected chi connectivity index (χ1v) is 9.78. The van der Waals surface area contributed by atoms with Crippen LogP contribution in [0.15, 0.2) is 42.7 Å². The average molecular weight is 427 g/mol. The number of amides is 1. The molecule has 160 valence electrons. The van der Waals surface area contributed by atoms with Gasteiger partial charge < -0.3 is 20.1 Å². The van der Waals surface area contributed by atoms with Crippen molar-refractivity contribution in [1.82, 2.24) is 14.5 Å². The fraction of sp³-hybridized carbons (Fsp3) is 0.286. The number of aliphatic hydroxyl groups is 2. The summed E-state index contributed by atoms with van der Waals surface area (Å²) >= 11 is 0. The maximum absolute atomic E-state index is 15.1. The average Bonchev–Trinajstić information content (AvgIpc) is 3.36. The number of fused-ring (bicyclic) bond motifs is 2. The summed E-state index contributed by atoms with van der Waals surface area (Å²) in [6.07, 6.45) is 1.96. The van der Waals surface area contributed by atoms with Crippen LogP contribution in [-0.4, -0.2) is 36.9 Å². The minimum atomic E-state index is -1.24. The zero-order valence-electron chi connectivity index (χ0n) is 16.5. The molecule has 5 rings (SSSR count). The summed E-state index contributed by atoms with van der Waals surface area (Å²) < 4.78 is 31.8. The summed E-state index contributed by atoms with van der Waals surface area (Å²) in [6, 6.07) is 6.70. The molecule has 1 aliphatic carbocycles. The predicted octanol–water partition coefficient (Wildman–Crippen LogP) is 2.82. The van der Waals surface area contributed by atoms with Gasteiger partial charge in [0.1, 0.15) is 11.4 Å². The number of nitrogens with zero attached hydrogens (tertiary/aromatic N) is 4. The van der Waals surface area contributed by atoms with E-state index in [1.165, 1.54) is 18.5 Å². The number of hydrogen-bond acceptors (Lipinski definition) is 6. The number of benzene rings is 1. The first-order chi connectivity index (χ1) is 14.8. The minimum Gasteiger partial charge on any atom is -0.387 e. The van der Waals surface area contributed by atoms with E-state index < -0.39 is 41.1 Å². The Morgan fingerprint density at radius 3 is 2.55 bits per heavy atom. The lowest BCUT2D eigenvalue weighted by atomic mass is 10.1. The molecule has 10 heteroatoms. The SMILES string of the molecule is CC(O)c1cnc2n1C1(CC1)C(O)N2c1c(F)cc(NC(=O)c2ccccn2)cc1F. The highest BCUT2D eigenvalue weighted by Gasteiger charge is 2.61. The first-order valence-electron chi connectivity index (χ1n) is 9.78. The zero-order valence-corrected chi connectivity index (χ0v) is 16.5. The molecule has 3 aromatic rings. The van der Waals surface area contributed by atoms with Crippen LogP contribution >= 0.6 is 0 Å². The fourth-order valence-corrected chi connectivity index (χ4v) is 4.13. The van der Waals surface area contributed by atoms with Crippen LogP contribution in [0, 0.1) is 11.6 Å². The number of aromatic nitrogens is 3. The summed E-state index contributed by atoms with van der Waals surface area (Å²) in [4.78, 5) is 21.5. The van der Waals surface area contributed by atoms with Crippen molar-refractivity contribution in [3.63, 3.8) is 0 Å². The maximum Gasteiger partial charge on any atom is 0.274 e. The molecular weight excluding hydrogens is 408 g/mol. The molecule has 2 atom stereocenters. The second-order valence-electron chi connectivity index (χ2n) is 7.80. The van der Waals surface area contributed by atoms with E-state index in [0.717, 1.165) is 17.0 Å². The first kappa shape index (κ1) is 19.6. The van der Waals surface area contributed by atoms with E-state index in [1.54, 1.807) is 23.6 Å². The fourth-order valence-electron chi connectivity index (χ4n) is 4.13. The van der Waals surface area contributed by atoms with E-state index in [0.29, 0.717) is 18.5 Å². The molecule has 0 radical (unpaired) electrons. The molecule has 1 spiro atoms. The smallest absolute Gasteiger partial charge is 0.274 e. The highest BCUT2D eigenvalue weighted by molar-refractivity contribution is 6.02. The number of rotatable bonds is 4. The molecule has 1 aliphatic heterocycles. The van der Waals surface area contributed by atoms with Gasteiger partial charge in [-0.1, -0.05) is 6.07 Å². The van der Waals surface area contributed by atoms with Crippen LogP contribution in [0.1, 0.15) is 42.1 Å². The van der Waals surface area contributed by atoms with Crippen molar-refractivity contribution in [2.75, 3.05) is 10.2 Å². The number of hydrogen-bond donors (Lipinski definition) is 3. The highest BCUT2D eigenvalue weighted by atomic mass is 19.1. The van der Waals surface area contributed by atoms with Crippen molar-refractivity contribution in [2.24, 2.45) is 0 Å². The van der Waals surface area contributed by atoms with Crippen molar-refractivity contribution in [3.05, 3.63) is 65.7 Å². The topological polar surface area (TPSA) is 104 Å². The van der Waals surface area contributed by atoms with Gasteiger partial charge >= 0.3 is 0 Å². The lowest BCUT2D eigenvalue weighted by molar-refractivity contribution is 0.102. The zero-order chi connectivity index (χ0) is 21.9. The standard InChI is InChI=1S/C21H19F2N5O3/c1-11(29)16-10-25-20-27(19(31)21(5-6-21)28(16)20)17-13(22)8-12(9-14(17)23)26-18(30)15-4-2-3-7-24-15/h2-4,7-11,19,29,31H,5-6H2,1H3,(H,26,30). The molecule has 0 bridgehead atoms. The highest BCUT2D eigenvalue weighted by Crippen LogP contribution is 2.57. The third kappa shape index (κ3) is 2.90. The van der Waals surface area contributed by atoms with Crippen LogP contribution in [0.3, 0.4) is 0 Å². The van der Waals surface area contributed by atoms with E-state index >= 15 is 8.78 Å². The summed E-state index contributed by atoms with van der Waals surface area (Å²) in [5.74, 6) is -2.39. The van der Waals surface area contributed by atoms with Gasteiger partial charge in [0, 0.05) is 11.9 Å². The predicted molar refractivity (Wildman–Crippen MR) is 107 cm³/mol. The monoisotopic (exact) mass is 427 g/mol. The van der Waals surface area contributed by atoms with E-state index in [9.17, 15) is 15.0 Å². The van der Waals surface area contributed by atoms with Gasteiger partial charge in [-0.15, -0.1) is 0 Å². The Morgan fingerprint density at radius 2 is 1.97 bits per heavy atom. The van der Waals surface area contributed by atoms with E-state index in [1.807, 2.05) is 0 Å². The Bertz CT molecular complexity index is 1150. The summed E-state index contributed by atoms with van der Waals surface area (Å²) in [5, 5.41) is 23.4. The van der Waals surface area contributed by atoms with Crippen LogP contribution < -0.4 is 10.2 Å². The van der Waals surface area contributed by atoms with Gasteiger partial charge in [-0.25, -0.2) is 13.8 Å². The van der Waals surface area contributed by atoms with Crippen molar-refractivity contribution in [1.29, 1.82) is 0 Å². The van der Waals surface area contributed by atoms with Gasteiger partial charge in [0.05, 0.1) is 23.5 Å². The molecule has 8 nitrogen and oxygen atoms in total. The Labute approximate surface area is 175 Å². The van der Waals surface area contributed by atoms with E-state index in [4.69, 9.17) is 0 Å².